The van der Waals surface area contributed by atoms with E-state index in [2.05, 4.69) is 4.74 Å². The molecule has 0 atom stereocenters. The van der Waals surface area contributed by atoms with Crippen LogP contribution in [0, 0.1) is 6.92 Å². The molecule has 0 aliphatic rings. The van der Waals surface area contributed by atoms with Crippen LogP contribution in [-0.2, 0) is 19.6 Å². The second-order valence-corrected chi connectivity index (χ2v) is 7.13. The van der Waals surface area contributed by atoms with Gasteiger partial charge in [-0.05, 0) is 42.8 Å². The summed E-state index contributed by atoms with van der Waals surface area (Å²) in [5.74, 6) is -0.654. The van der Waals surface area contributed by atoms with Gasteiger partial charge in [0.25, 0.3) is 10.0 Å². The Morgan fingerprint density at radius 1 is 1.17 bits per heavy atom. The fraction of sp³-hybridized carbons (Fsp3) is 0.188. The van der Waals surface area contributed by atoms with Crippen LogP contribution in [-0.4, -0.2) is 28.0 Å². The molecule has 2 aromatic rings. The number of hydrogen-bond acceptors (Lipinski definition) is 4. The average molecular weight is 354 g/mol. The second kappa shape index (κ2) is 7.02. The molecular formula is C16H16ClNO4S. The molecule has 0 aliphatic carbocycles. The van der Waals surface area contributed by atoms with Gasteiger partial charge in [0.2, 0.25) is 0 Å². The van der Waals surface area contributed by atoms with Gasteiger partial charge in [-0.1, -0.05) is 29.8 Å². The molecule has 0 spiro atoms. The van der Waals surface area contributed by atoms with Crippen LogP contribution in [0.25, 0.3) is 0 Å². The highest BCUT2D eigenvalue weighted by molar-refractivity contribution is 7.92. The van der Waals surface area contributed by atoms with Crippen molar-refractivity contribution in [2.45, 2.75) is 11.8 Å². The molecule has 0 fully saturated rings. The van der Waals surface area contributed by atoms with Crippen LogP contribution < -0.4 is 4.31 Å². The van der Waals surface area contributed by atoms with Gasteiger partial charge in [-0.25, -0.2) is 8.42 Å². The zero-order chi connectivity index (χ0) is 17.0. The quantitative estimate of drug-likeness (QED) is 0.775. The Kier molecular flexibility index (Phi) is 5.28. The fourth-order valence-electron chi connectivity index (χ4n) is 2.10. The minimum absolute atomic E-state index is 0.0956. The monoisotopic (exact) mass is 353 g/mol. The zero-order valence-electron chi connectivity index (χ0n) is 12.7. The molecule has 0 radical (unpaired) electrons. The Bertz CT molecular complexity index is 806. The van der Waals surface area contributed by atoms with E-state index in [1.807, 2.05) is 0 Å². The summed E-state index contributed by atoms with van der Waals surface area (Å²) in [6.07, 6.45) is 0. The molecule has 7 heteroatoms. The number of sulfonamides is 1. The van der Waals surface area contributed by atoms with Crippen molar-refractivity contribution in [2.75, 3.05) is 18.0 Å². The number of ether oxygens (including phenoxy) is 1. The summed E-state index contributed by atoms with van der Waals surface area (Å²) in [6, 6.07) is 12.7. The van der Waals surface area contributed by atoms with E-state index in [0.29, 0.717) is 16.3 Å². The largest absolute Gasteiger partial charge is 0.468 e. The molecule has 0 aromatic heterocycles. The number of carbonyl (C=O) groups excluding carboxylic acids is 1. The molecule has 0 heterocycles. The Hall–Kier alpha value is -2.05. The normalized spacial score (nSPS) is 11.1. The minimum atomic E-state index is -3.91. The third-order valence-electron chi connectivity index (χ3n) is 3.26. The summed E-state index contributed by atoms with van der Waals surface area (Å²) >= 11 is 5.93. The number of halogens is 1. The molecule has 0 amide bonds. The Balaban J connectivity index is 2.56. The van der Waals surface area contributed by atoms with Crippen LogP contribution in [0.2, 0.25) is 5.02 Å². The maximum absolute atomic E-state index is 12.9. The topological polar surface area (TPSA) is 63.7 Å². The van der Waals surface area contributed by atoms with Crippen molar-refractivity contribution in [1.82, 2.24) is 0 Å². The van der Waals surface area contributed by atoms with E-state index in [1.54, 1.807) is 43.3 Å². The highest BCUT2D eigenvalue weighted by atomic mass is 35.5. The standard InChI is InChI=1S/C16H16ClNO4S/c1-12-10-13(17)8-9-15(12)18(11-16(19)22-2)23(20,21)14-6-4-3-5-7-14/h3-10H,11H2,1-2H3. The van der Waals surface area contributed by atoms with Gasteiger partial charge in [0, 0.05) is 5.02 Å². The predicted octanol–water partition coefficient (Wildman–Crippen LogP) is 3.02. The van der Waals surface area contributed by atoms with E-state index >= 15 is 0 Å². The number of methoxy groups -OCH3 is 1. The molecule has 0 saturated heterocycles. The number of nitrogens with zero attached hydrogens (tertiary/aromatic N) is 1. The van der Waals surface area contributed by atoms with Gasteiger partial charge in [-0.2, -0.15) is 0 Å². The van der Waals surface area contributed by atoms with Crippen molar-refractivity contribution in [3.8, 4) is 0 Å². The summed E-state index contributed by atoms with van der Waals surface area (Å²) in [4.78, 5) is 11.8. The van der Waals surface area contributed by atoms with E-state index in [-0.39, 0.29) is 4.90 Å². The van der Waals surface area contributed by atoms with Crippen LogP contribution in [0.15, 0.2) is 53.4 Å². The van der Waals surface area contributed by atoms with Crippen molar-refractivity contribution >= 4 is 33.3 Å². The van der Waals surface area contributed by atoms with Crippen LogP contribution >= 0.6 is 11.6 Å². The van der Waals surface area contributed by atoms with Crippen molar-refractivity contribution in [2.24, 2.45) is 0 Å². The highest BCUT2D eigenvalue weighted by Crippen LogP contribution is 2.28. The van der Waals surface area contributed by atoms with Crippen LogP contribution in [0.4, 0.5) is 5.69 Å². The van der Waals surface area contributed by atoms with Gasteiger partial charge < -0.3 is 4.74 Å². The smallest absolute Gasteiger partial charge is 0.326 e. The SMILES string of the molecule is COC(=O)CN(c1ccc(Cl)cc1C)S(=O)(=O)c1ccccc1. The third-order valence-corrected chi connectivity index (χ3v) is 5.27. The highest BCUT2D eigenvalue weighted by Gasteiger charge is 2.28. The van der Waals surface area contributed by atoms with E-state index < -0.39 is 22.5 Å². The minimum Gasteiger partial charge on any atom is -0.468 e. The first-order valence-electron chi connectivity index (χ1n) is 6.77. The van der Waals surface area contributed by atoms with E-state index in [0.717, 1.165) is 4.31 Å². The first-order valence-corrected chi connectivity index (χ1v) is 8.59. The molecule has 0 unspecified atom stereocenters. The zero-order valence-corrected chi connectivity index (χ0v) is 14.3. The van der Waals surface area contributed by atoms with Crippen LogP contribution in [0.1, 0.15) is 5.56 Å². The summed E-state index contributed by atoms with van der Waals surface area (Å²) < 4.78 is 31.5. The van der Waals surface area contributed by atoms with Crippen molar-refractivity contribution in [1.29, 1.82) is 0 Å². The lowest BCUT2D eigenvalue weighted by Crippen LogP contribution is -2.36. The maximum Gasteiger partial charge on any atom is 0.326 e. The lowest BCUT2D eigenvalue weighted by molar-refractivity contribution is -0.138. The molecule has 0 aliphatic heterocycles. The van der Waals surface area contributed by atoms with Crippen molar-refractivity contribution < 1.29 is 17.9 Å². The Morgan fingerprint density at radius 3 is 2.39 bits per heavy atom. The first kappa shape index (κ1) is 17.3. The summed E-state index contributed by atoms with van der Waals surface area (Å²) in [6.45, 7) is 1.31. The Morgan fingerprint density at radius 2 is 1.83 bits per heavy atom. The fourth-order valence-corrected chi connectivity index (χ4v) is 3.82. The second-order valence-electron chi connectivity index (χ2n) is 4.83. The number of anilines is 1. The van der Waals surface area contributed by atoms with E-state index in [1.165, 1.54) is 19.2 Å². The molecule has 122 valence electrons. The third kappa shape index (κ3) is 3.83. The van der Waals surface area contributed by atoms with E-state index in [4.69, 9.17) is 11.6 Å². The first-order chi connectivity index (χ1) is 10.9. The number of benzene rings is 2. The van der Waals surface area contributed by atoms with Crippen LogP contribution in [0.3, 0.4) is 0 Å². The number of hydrogen-bond donors (Lipinski definition) is 0. The molecule has 5 nitrogen and oxygen atoms in total. The molecule has 0 saturated carbocycles. The summed E-state index contributed by atoms with van der Waals surface area (Å²) in [5.41, 5.74) is 1.02. The Labute approximate surface area is 140 Å². The number of rotatable bonds is 5. The predicted molar refractivity (Wildman–Crippen MR) is 89.2 cm³/mol. The number of carbonyl (C=O) groups is 1. The van der Waals surface area contributed by atoms with Crippen molar-refractivity contribution in [3.63, 3.8) is 0 Å². The van der Waals surface area contributed by atoms with Gasteiger partial charge in [-0.3, -0.25) is 9.10 Å². The molecule has 2 rings (SSSR count). The molecule has 0 bridgehead atoms. The lowest BCUT2D eigenvalue weighted by Gasteiger charge is -2.25. The molecule has 23 heavy (non-hydrogen) atoms. The van der Waals surface area contributed by atoms with Crippen LogP contribution in [0.5, 0.6) is 0 Å². The van der Waals surface area contributed by atoms with Gasteiger partial charge in [0.1, 0.15) is 6.54 Å². The average Bonchev–Trinajstić information content (AvgIpc) is 2.53. The molecular weight excluding hydrogens is 338 g/mol. The van der Waals surface area contributed by atoms with Gasteiger partial charge >= 0.3 is 5.97 Å². The molecule has 2 aromatic carbocycles. The van der Waals surface area contributed by atoms with Gasteiger partial charge in [0.05, 0.1) is 17.7 Å². The molecule has 0 N–H and O–H groups in total. The maximum atomic E-state index is 12.9. The number of esters is 1. The van der Waals surface area contributed by atoms with Gasteiger partial charge in [0.15, 0.2) is 0 Å². The van der Waals surface area contributed by atoms with Gasteiger partial charge in [-0.15, -0.1) is 0 Å². The van der Waals surface area contributed by atoms with Crippen molar-refractivity contribution in [3.05, 3.63) is 59.1 Å². The summed E-state index contributed by atoms with van der Waals surface area (Å²) in [7, 11) is -2.69. The lowest BCUT2D eigenvalue weighted by atomic mass is 10.2. The van der Waals surface area contributed by atoms with E-state index in [9.17, 15) is 13.2 Å². The summed E-state index contributed by atoms with van der Waals surface area (Å²) in [5, 5.41) is 0.487. The number of aryl methyl sites for hydroxylation is 1.